The van der Waals surface area contributed by atoms with E-state index in [9.17, 15) is 13.2 Å². The topological polar surface area (TPSA) is 64.5 Å². The van der Waals surface area contributed by atoms with Gasteiger partial charge in [0.2, 0.25) is 5.95 Å². The lowest BCUT2D eigenvalue weighted by atomic mass is 9.97. The molecule has 3 aromatic heterocycles. The third-order valence-corrected chi connectivity index (χ3v) is 9.05. The number of nitrogens with zero attached hydrogens (tertiary/aromatic N) is 8. The molecule has 0 N–H and O–H groups in total. The molecule has 0 bridgehead atoms. The fourth-order valence-corrected chi connectivity index (χ4v) is 6.39. The van der Waals surface area contributed by atoms with E-state index >= 15 is 0 Å². The highest BCUT2D eigenvalue weighted by Gasteiger charge is 2.33. The summed E-state index contributed by atoms with van der Waals surface area (Å²) in [5.41, 5.74) is 3.39. The third-order valence-electron chi connectivity index (χ3n) is 9.05. The maximum atomic E-state index is 13.1. The molecule has 6 rings (SSSR count). The monoisotopic (exact) mass is 616 g/mol. The molecule has 0 amide bonds. The molecule has 0 aliphatic carbocycles. The number of benzene rings is 1. The molecular weight excluding hydrogens is 577 g/mol. The van der Waals surface area contributed by atoms with Gasteiger partial charge in [-0.1, -0.05) is 12.1 Å². The zero-order valence-corrected chi connectivity index (χ0v) is 25.7. The smallest absolute Gasteiger partial charge is 0.345 e. The molecule has 1 aromatic carbocycles. The highest BCUT2D eigenvalue weighted by molar-refractivity contribution is 5.62. The average Bonchev–Trinajstić information content (AvgIpc) is 3.08. The lowest BCUT2D eigenvalue weighted by molar-refractivity contribution is -0.141. The number of hydrogen-bond donors (Lipinski definition) is 0. The van der Waals surface area contributed by atoms with Gasteiger partial charge in [-0.2, -0.15) is 13.2 Å². The molecule has 5 heterocycles. The molecule has 2 aliphatic rings. The number of alkyl halides is 3. The molecule has 0 radical (unpaired) electrons. The van der Waals surface area contributed by atoms with Crippen LogP contribution in [0.3, 0.4) is 0 Å². The molecule has 1 atom stereocenters. The van der Waals surface area contributed by atoms with Gasteiger partial charge in [-0.05, 0) is 100 Å². The minimum Gasteiger partial charge on any atom is -0.345 e. The van der Waals surface area contributed by atoms with Crippen LogP contribution in [0.5, 0.6) is 0 Å². The largest absolute Gasteiger partial charge is 0.433 e. The van der Waals surface area contributed by atoms with E-state index in [-0.39, 0.29) is 6.04 Å². The maximum Gasteiger partial charge on any atom is 0.433 e. The molecule has 0 saturated carbocycles. The van der Waals surface area contributed by atoms with Crippen molar-refractivity contribution in [1.82, 2.24) is 29.7 Å². The number of anilines is 3. The first-order valence-corrected chi connectivity index (χ1v) is 15.5. The summed E-state index contributed by atoms with van der Waals surface area (Å²) >= 11 is 0. The molecule has 45 heavy (non-hydrogen) atoms. The Balaban J connectivity index is 1.27. The van der Waals surface area contributed by atoms with Crippen LogP contribution in [0.1, 0.15) is 36.9 Å². The van der Waals surface area contributed by atoms with Crippen molar-refractivity contribution >= 4 is 17.3 Å². The van der Waals surface area contributed by atoms with E-state index in [4.69, 9.17) is 9.97 Å². The standard InChI is InChI=1S/C34H39F3N8/c1-42-20-14-29(15-21-42)44-19-3-4-30(24-44)45(23-25-5-8-27(9-6-25)43(2)28-11-16-38-17-12-28)33-39-18-13-31(41-33)26-7-10-32(40-22-26)34(35,36)37/h5-13,16-18,22,29-30H,3-4,14-15,19-21,23-24H2,1-2H3/t30-/m0/s1. The predicted octanol–water partition coefficient (Wildman–Crippen LogP) is 6.29. The van der Waals surface area contributed by atoms with Gasteiger partial charge in [0.05, 0.1) is 5.69 Å². The summed E-state index contributed by atoms with van der Waals surface area (Å²) < 4.78 is 39.4. The van der Waals surface area contributed by atoms with E-state index < -0.39 is 11.9 Å². The molecule has 2 aliphatic heterocycles. The lowest BCUT2D eigenvalue weighted by Crippen LogP contribution is -2.53. The van der Waals surface area contributed by atoms with Crippen LogP contribution in [-0.4, -0.2) is 82.1 Å². The molecule has 11 heteroatoms. The zero-order valence-electron chi connectivity index (χ0n) is 25.7. The van der Waals surface area contributed by atoms with Crippen LogP contribution in [0.2, 0.25) is 0 Å². The van der Waals surface area contributed by atoms with E-state index in [2.05, 4.69) is 60.9 Å². The van der Waals surface area contributed by atoms with E-state index in [1.807, 2.05) is 19.2 Å². The first-order valence-electron chi connectivity index (χ1n) is 15.5. The fourth-order valence-electron chi connectivity index (χ4n) is 6.39. The molecule has 236 valence electrons. The van der Waals surface area contributed by atoms with Gasteiger partial charge in [-0.15, -0.1) is 0 Å². The van der Waals surface area contributed by atoms with E-state index in [0.717, 1.165) is 62.0 Å². The van der Waals surface area contributed by atoms with Crippen LogP contribution in [0, 0.1) is 0 Å². The predicted molar refractivity (Wildman–Crippen MR) is 170 cm³/mol. The second-order valence-corrected chi connectivity index (χ2v) is 12.1. The lowest BCUT2D eigenvalue weighted by Gasteiger charge is -2.44. The number of pyridine rings is 2. The van der Waals surface area contributed by atoms with Gasteiger partial charge >= 0.3 is 6.18 Å². The number of hydrogen-bond acceptors (Lipinski definition) is 8. The van der Waals surface area contributed by atoms with Crippen LogP contribution in [0.4, 0.5) is 30.5 Å². The summed E-state index contributed by atoms with van der Waals surface area (Å²) in [6.07, 6.45) is 6.44. The van der Waals surface area contributed by atoms with Gasteiger partial charge in [0.25, 0.3) is 0 Å². The van der Waals surface area contributed by atoms with E-state index in [1.54, 1.807) is 24.7 Å². The van der Waals surface area contributed by atoms with Gasteiger partial charge in [0.15, 0.2) is 0 Å². The first-order chi connectivity index (χ1) is 21.7. The van der Waals surface area contributed by atoms with E-state index in [0.29, 0.717) is 29.8 Å². The van der Waals surface area contributed by atoms with Crippen molar-refractivity contribution in [1.29, 1.82) is 0 Å². The van der Waals surface area contributed by atoms with Crippen LogP contribution in [0.25, 0.3) is 11.3 Å². The molecular formula is C34H39F3N8. The minimum atomic E-state index is -4.49. The second-order valence-electron chi connectivity index (χ2n) is 12.1. The summed E-state index contributed by atoms with van der Waals surface area (Å²) in [4.78, 5) is 26.8. The Kier molecular flexibility index (Phi) is 9.27. The molecule has 0 unspecified atom stereocenters. The molecule has 2 saturated heterocycles. The second kappa shape index (κ2) is 13.5. The van der Waals surface area contributed by atoms with Crippen LogP contribution in [0.15, 0.2) is 79.4 Å². The summed E-state index contributed by atoms with van der Waals surface area (Å²) in [5.74, 6) is 0.570. The van der Waals surface area contributed by atoms with Crippen LogP contribution in [-0.2, 0) is 12.7 Å². The molecule has 8 nitrogen and oxygen atoms in total. The summed E-state index contributed by atoms with van der Waals surface area (Å²) in [5, 5.41) is 0. The average molecular weight is 617 g/mol. The van der Waals surface area contributed by atoms with Crippen molar-refractivity contribution < 1.29 is 13.2 Å². The Morgan fingerprint density at radius 3 is 2.27 bits per heavy atom. The van der Waals surface area contributed by atoms with Crippen molar-refractivity contribution in [2.75, 3.05) is 50.1 Å². The Labute approximate surface area is 262 Å². The number of piperidine rings is 2. The highest BCUT2D eigenvalue weighted by Crippen LogP contribution is 2.31. The number of likely N-dealkylation sites (tertiary alicyclic amines) is 2. The maximum absolute atomic E-state index is 13.1. The summed E-state index contributed by atoms with van der Waals surface area (Å²) in [7, 11) is 4.22. The number of aromatic nitrogens is 4. The summed E-state index contributed by atoms with van der Waals surface area (Å²) in [6, 6.07) is 17.4. The van der Waals surface area contributed by atoms with E-state index in [1.165, 1.54) is 25.1 Å². The normalized spacial score (nSPS) is 18.6. The van der Waals surface area contributed by atoms with Crippen molar-refractivity contribution in [3.63, 3.8) is 0 Å². The fraction of sp³-hybridized carbons (Fsp3) is 0.412. The minimum absolute atomic E-state index is 0.193. The van der Waals surface area contributed by atoms with Crippen LogP contribution >= 0.6 is 0 Å². The molecule has 0 spiro atoms. The van der Waals surface area contributed by atoms with Gasteiger partial charge in [0, 0.05) is 73.9 Å². The van der Waals surface area contributed by atoms with Gasteiger partial charge in [-0.3, -0.25) is 14.9 Å². The van der Waals surface area contributed by atoms with Crippen LogP contribution < -0.4 is 9.80 Å². The Hall–Kier alpha value is -4.09. The Bertz CT molecular complexity index is 1520. The number of halogens is 3. The quantitative estimate of drug-likeness (QED) is 0.229. The SMILES string of the molecule is CN1CCC(N2CCC[C@H](N(Cc3ccc(N(C)c4ccncc4)cc3)c3nccc(-c4ccc(C(F)(F)F)nc4)n3)C2)CC1. The summed E-state index contributed by atoms with van der Waals surface area (Å²) in [6.45, 7) is 4.85. The third kappa shape index (κ3) is 7.42. The van der Waals surface area contributed by atoms with Crippen molar-refractivity contribution in [3.8, 4) is 11.3 Å². The van der Waals surface area contributed by atoms with Crippen molar-refractivity contribution in [3.05, 3.63) is 90.6 Å². The van der Waals surface area contributed by atoms with Crippen molar-refractivity contribution in [2.45, 2.75) is 50.5 Å². The first kappa shape index (κ1) is 30.9. The Morgan fingerprint density at radius 1 is 0.844 bits per heavy atom. The van der Waals surface area contributed by atoms with Gasteiger partial charge < -0.3 is 14.7 Å². The van der Waals surface area contributed by atoms with Crippen molar-refractivity contribution in [2.24, 2.45) is 0 Å². The zero-order chi connectivity index (χ0) is 31.4. The highest BCUT2D eigenvalue weighted by atomic mass is 19.4. The molecule has 4 aromatic rings. The van der Waals surface area contributed by atoms with Gasteiger partial charge in [0.1, 0.15) is 5.69 Å². The number of rotatable bonds is 8. The molecule has 2 fully saturated rings. The van der Waals surface area contributed by atoms with Gasteiger partial charge in [-0.25, -0.2) is 9.97 Å². The Morgan fingerprint density at radius 2 is 1.58 bits per heavy atom.